The molecule has 0 unspecified atom stereocenters. The lowest BCUT2D eigenvalue weighted by atomic mass is 10.1. The van der Waals surface area contributed by atoms with E-state index >= 15 is 0 Å². The minimum absolute atomic E-state index is 0.152. The van der Waals surface area contributed by atoms with Gasteiger partial charge in [-0.1, -0.05) is 0 Å². The van der Waals surface area contributed by atoms with Crippen LogP contribution in [0.5, 0.6) is 11.5 Å². The lowest BCUT2D eigenvalue weighted by molar-refractivity contribution is 0.411. The SMILES string of the molecule is COc1cc2ncc(N)c(Nc3c(F)cncc3OC)c2cc1Br. The topological polar surface area (TPSA) is 82.3 Å². The number of nitrogens with one attached hydrogen (secondary N) is 1. The fourth-order valence-corrected chi connectivity index (χ4v) is 2.83. The number of hydrogen-bond acceptors (Lipinski definition) is 6. The van der Waals surface area contributed by atoms with Crippen LogP contribution in [0.1, 0.15) is 0 Å². The number of pyridine rings is 2. The minimum Gasteiger partial charge on any atom is -0.495 e. The van der Waals surface area contributed by atoms with Gasteiger partial charge in [0.15, 0.2) is 11.6 Å². The van der Waals surface area contributed by atoms with Crippen LogP contribution < -0.4 is 20.5 Å². The number of fused-ring (bicyclic) bond motifs is 1. The number of nitrogens with two attached hydrogens (primary N) is 1. The Labute approximate surface area is 145 Å². The summed E-state index contributed by atoms with van der Waals surface area (Å²) in [5.74, 6) is 0.358. The van der Waals surface area contributed by atoms with Gasteiger partial charge in [0, 0.05) is 11.5 Å². The van der Waals surface area contributed by atoms with E-state index in [1.54, 1.807) is 13.2 Å². The van der Waals surface area contributed by atoms with Crippen LogP contribution in [0.15, 0.2) is 35.2 Å². The number of nitrogen functional groups attached to an aromatic ring is 1. The highest BCUT2D eigenvalue weighted by atomic mass is 79.9. The van der Waals surface area contributed by atoms with Crippen molar-refractivity contribution in [1.29, 1.82) is 0 Å². The molecule has 0 spiro atoms. The minimum atomic E-state index is -0.550. The predicted octanol–water partition coefficient (Wildman–Crippen LogP) is 3.87. The van der Waals surface area contributed by atoms with Crippen LogP contribution in [-0.2, 0) is 0 Å². The Hall–Kier alpha value is -2.61. The van der Waals surface area contributed by atoms with Gasteiger partial charge < -0.3 is 20.5 Å². The highest BCUT2D eigenvalue weighted by Gasteiger charge is 2.15. The molecular weight excluding hydrogens is 379 g/mol. The van der Waals surface area contributed by atoms with Crippen molar-refractivity contribution >= 4 is 43.9 Å². The van der Waals surface area contributed by atoms with Gasteiger partial charge in [-0.25, -0.2) is 4.39 Å². The van der Waals surface area contributed by atoms with E-state index in [9.17, 15) is 4.39 Å². The number of nitrogens with zero attached hydrogens (tertiary/aromatic N) is 2. The van der Waals surface area contributed by atoms with Crippen molar-refractivity contribution in [3.63, 3.8) is 0 Å². The molecule has 6 nitrogen and oxygen atoms in total. The summed E-state index contributed by atoms with van der Waals surface area (Å²) in [6.07, 6.45) is 4.02. The van der Waals surface area contributed by atoms with Crippen molar-refractivity contribution in [2.45, 2.75) is 0 Å². The van der Waals surface area contributed by atoms with Crippen LogP contribution >= 0.6 is 15.9 Å². The molecule has 0 saturated carbocycles. The summed E-state index contributed by atoms with van der Waals surface area (Å²) in [5.41, 5.74) is 7.74. The lowest BCUT2D eigenvalue weighted by Crippen LogP contribution is -2.03. The molecule has 0 aliphatic heterocycles. The average molecular weight is 393 g/mol. The number of aromatic nitrogens is 2. The Morgan fingerprint density at radius 3 is 2.54 bits per heavy atom. The standard InChI is InChI=1S/C16H14BrFN4O2/c1-23-13-4-12-8(3-9(13)17)15(11(19)6-21-12)22-16-10(18)5-20-7-14(16)24-2/h3-7H,19H2,1-2H3,(H,20,21,22). The van der Waals surface area contributed by atoms with E-state index in [0.29, 0.717) is 28.0 Å². The van der Waals surface area contributed by atoms with Crippen LogP contribution in [0, 0.1) is 5.82 Å². The molecule has 3 aromatic rings. The molecule has 0 atom stereocenters. The van der Waals surface area contributed by atoms with Gasteiger partial charge in [-0.05, 0) is 22.0 Å². The summed E-state index contributed by atoms with van der Waals surface area (Å²) in [6, 6.07) is 3.58. The zero-order valence-corrected chi connectivity index (χ0v) is 14.5. The molecule has 2 heterocycles. The van der Waals surface area contributed by atoms with Crippen molar-refractivity contribution in [2.75, 3.05) is 25.3 Å². The molecule has 2 aromatic heterocycles. The Morgan fingerprint density at radius 1 is 1.08 bits per heavy atom. The maximum Gasteiger partial charge on any atom is 0.168 e. The van der Waals surface area contributed by atoms with Gasteiger partial charge in [0.05, 0.1) is 54.2 Å². The Morgan fingerprint density at radius 2 is 1.83 bits per heavy atom. The summed E-state index contributed by atoms with van der Waals surface area (Å²) in [7, 11) is 3.01. The summed E-state index contributed by atoms with van der Waals surface area (Å²) in [4.78, 5) is 8.07. The van der Waals surface area contributed by atoms with E-state index < -0.39 is 5.82 Å². The Balaban J connectivity index is 2.20. The molecule has 0 amide bonds. The molecule has 0 fully saturated rings. The molecule has 124 valence electrons. The summed E-state index contributed by atoms with van der Waals surface area (Å²) < 4.78 is 25.3. The van der Waals surface area contributed by atoms with Gasteiger partial charge in [0.2, 0.25) is 0 Å². The average Bonchev–Trinajstić information content (AvgIpc) is 2.58. The summed E-state index contributed by atoms with van der Waals surface area (Å²) in [5, 5.41) is 3.71. The first-order valence-corrected chi connectivity index (χ1v) is 7.70. The van der Waals surface area contributed by atoms with Gasteiger partial charge in [0.1, 0.15) is 11.4 Å². The lowest BCUT2D eigenvalue weighted by Gasteiger charge is -2.16. The van der Waals surface area contributed by atoms with E-state index in [1.807, 2.05) is 6.07 Å². The normalized spacial score (nSPS) is 10.7. The molecule has 0 saturated heterocycles. The van der Waals surface area contributed by atoms with Crippen molar-refractivity contribution in [3.05, 3.63) is 41.0 Å². The fourth-order valence-electron chi connectivity index (χ4n) is 2.32. The third-order valence-corrected chi connectivity index (χ3v) is 4.13. The van der Waals surface area contributed by atoms with Crippen LogP contribution in [-0.4, -0.2) is 24.2 Å². The second-order valence-corrected chi connectivity index (χ2v) is 5.77. The number of hydrogen-bond donors (Lipinski definition) is 2. The maximum absolute atomic E-state index is 14.2. The first-order valence-electron chi connectivity index (χ1n) is 6.91. The van der Waals surface area contributed by atoms with Crippen molar-refractivity contribution < 1.29 is 13.9 Å². The monoisotopic (exact) mass is 392 g/mol. The molecular formula is C16H14BrFN4O2. The second-order valence-electron chi connectivity index (χ2n) is 4.92. The smallest absolute Gasteiger partial charge is 0.168 e. The predicted molar refractivity (Wildman–Crippen MR) is 94.4 cm³/mol. The number of methoxy groups -OCH3 is 2. The molecule has 24 heavy (non-hydrogen) atoms. The van der Waals surface area contributed by atoms with Crippen molar-refractivity contribution in [2.24, 2.45) is 0 Å². The summed E-state index contributed by atoms with van der Waals surface area (Å²) >= 11 is 3.43. The maximum atomic E-state index is 14.2. The number of benzene rings is 1. The highest BCUT2D eigenvalue weighted by molar-refractivity contribution is 9.10. The quantitative estimate of drug-likeness (QED) is 0.700. The van der Waals surface area contributed by atoms with Crippen LogP contribution in [0.2, 0.25) is 0 Å². The van der Waals surface area contributed by atoms with Gasteiger partial charge in [-0.15, -0.1) is 0 Å². The molecule has 0 radical (unpaired) electrons. The van der Waals surface area contributed by atoms with Crippen molar-refractivity contribution in [3.8, 4) is 11.5 Å². The largest absolute Gasteiger partial charge is 0.495 e. The van der Waals surface area contributed by atoms with Crippen LogP contribution in [0.25, 0.3) is 10.9 Å². The third-order valence-electron chi connectivity index (χ3n) is 3.51. The highest BCUT2D eigenvalue weighted by Crippen LogP contribution is 2.38. The van der Waals surface area contributed by atoms with Gasteiger partial charge in [-0.2, -0.15) is 0 Å². The van der Waals surface area contributed by atoms with E-state index in [1.165, 1.54) is 19.5 Å². The molecule has 0 bridgehead atoms. The number of ether oxygens (including phenoxy) is 2. The fraction of sp³-hybridized carbons (Fsp3) is 0.125. The Kier molecular flexibility index (Phi) is 4.39. The molecule has 8 heteroatoms. The second kappa shape index (κ2) is 6.48. The van der Waals surface area contributed by atoms with Crippen molar-refractivity contribution in [1.82, 2.24) is 9.97 Å². The van der Waals surface area contributed by atoms with E-state index in [2.05, 4.69) is 31.2 Å². The number of halogens is 2. The number of anilines is 3. The first-order chi connectivity index (χ1) is 11.5. The van der Waals surface area contributed by atoms with E-state index in [0.717, 1.165) is 10.7 Å². The first kappa shape index (κ1) is 16.3. The van der Waals surface area contributed by atoms with Gasteiger partial charge >= 0.3 is 0 Å². The molecule has 3 rings (SSSR count). The zero-order chi connectivity index (χ0) is 17.3. The zero-order valence-electron chi connectivity index (χ0n) is 12.9. The summed E-state index contributed by atoms with van der Waals surface area (Å²) in [6.45, 7) is 0. The van der Waals surface area contributed by atoms with E-state index in [4.69, 9.17) is 15.2 Å². The molecule has 1 aromatic carbocycles. The third kappa shape index (κ3) is 2.80. The van der Waals surface area contributed by atoms with Gasteiger partial charge in [-0.3, -0.25) is 9.97 Å². The number of rotatable bonds is 4. The molecule has 3 N–H and O–H groups in total. The van der Waals surface area contributed by atoms with Gasteiger partial charge in [0.25, 0.3) is 0 Å². The van der Waals surface area contributed by atoms with E-state index in [-0.39, 0.29) is 11.4 Å². The van der Waals surface area contributed by atoms with Crippen LogP contribution in [0.3, 0.4) is 0 Å². The molecule has 0 aliphatic rings. The molecule has 0 aliphatic carbocycles. The van der Waals surface area contributed by atoms with Crippen LogP contribution in [0.4, 0.5) is 21.5 Å². The Bertz CT molecular complexity index is 920.